The number of aromatic nitrogens is 5. The zero-order chi connectivity index (χ0) is 17.1. The van der Waals surface area contributed by atoms with E-state index in [1.165, 1.54) is 20.4 Å². The lowest BCUT2D eigenvalue weighted by molar-refractivity contribution is 0.102. The highest BCUT2D eigenvalue weighted by Crippen LogP contribution is 2.17. The smallest absolute Gasteiger partial charge is 0.332 e. The fourth-order valence-electron chi connectivity index (χ4n) is 1.94. The first-order valence-electron chi connectivity index (χ1n) is 6.58. The summed E-state index contributed by atoms with van der Waals surface area (Å²) in [5.74, 6) is -0.666. The van der Waals surface area contributed by atoms with Crippen molar-refractivity contribution in [3.63, 3.8) is 0 Å². The Hall–Kier alpha value is -2.62. The standard InChI is InChI=1S/C13H16N6O3S/c1-4-5-19-7-15-16-12(19)23-6-8(20)9-10(14)17(2)13(22)18(3)11(9)21/h4,7H,1,5-6,14H2,2-3H3. The Bertz CT molecular complexity index is 879. The van der Waals surface area contributed by atoms with E-state index in [1.807, 2.05) is 0 Å². The summed E-state index contributed by atoms with van der Waals surface area (Å²) in [6, 6.07) is 0. The van der Waals surface area contributed by atoms with Crippen molar-refractivity contribution in [2.45, 2.75) is 11.7 Å². The number of nitrogens with two attached hydrogens (primary N) is 1. The molecule has 2 aromatic rings. The summed E-state index contributed by atoms with van der Waals surface area (Å²) in [7, 11) is 2.70. The number of carbonyl (C=O) groups excluding carboxylic acids is 1. The third-order valence-electron chi connectivity index (χ3n) is 3.23. The van der Waals surface area contributed by atoms with Gasteiger partial charge in [0.2, 0.25) is 0 Å². The number of ketones is 1. The number of carbonyl (C=O) groups is 1. The molecular weight excluding hydrogens is 320 g/mol. The van der Waals surface area contributed by atoms with Crippen LogP contribution in [0.5, 0.6) is 0 Å². The Morgan fingerprint density at radius 1 is 1.39 bits per heavy atom. The summed E-state index contributed by atoms with van der Waals surface area (Å²) in [5.41, 5.74) is 4.27. The van der Waals surface area contributed by atoms with Gasteiger partial charge in [-0.1, -0.05) is 17.8 Å². The van der Waals surface area contributed by atoms with Crippen LogP contribution in [0.1, 0.15) is 10.4 Å². The molecule has 23 heavy (non-hydrogen) atoms. The SMILES string of the molecule is C=CCn1cnnc1SCC(=O)c1c(N)n(C)c(=O)n(C)c1=O. The molecule has 2 N–H and O–H groups in total. The van der Waals surface area contributed by atoms with Crippen LogP contribution in [0, 0.1) is 0 Å². The van der Waals surface area contributed by atoms with Crippen molar-refractivity contribution in [1.82, 2.24) is 23.9 Å². The van der Waals surface area contributed by atoms with Gasteiger partial charge < -0.3 is 10.3 Å². The van der Waals surface area contributed by atoms with Crippen molar-refractivity contribution in [3.8, 4) is 0 Å². The molecule has 0 radical (unpaired) electrons. The van der Waals surface area contributed by atoms with Crippen LogP contribution in [-0.2, 0) is 20.6 Å². The highest BCUT2D eigenvalue weighted by Gasteiger charge is 2.20. The van der Waals surface area contributed by atoms with E-state index in [-0.39, 0.29) is 17.1 Å². The predicted octanol–water partition coefficient (Wildman–Crippen LogP) is -0.581. The molecule has 0 aromatic carbocycles. The number of anilines is 1. The summed E-state index contributed by atoms with van der Waals surface area (Å²) in [6.07, 6.45) is 3.20. The van der Waals surface area contributed by atoms with Gasteiger partial charge in [-0.15, -0.1) is 16.8 Å². The molecule has 122 valence electrons. The maximum Gasteiger partial charge on any atom is 0.332 e. The van der Waals surface area contributed by atoms with Gasteiger partial charge in [0, 0.05) is 20.6 Å². The molecule has 0 saturated heterocycles. The number of Topliss-reactive ketones (excluding diaryl/α,β-unsaturated/α-hetero) is 1. The zero-order valence-corrected chi connectivity index (χ0v) is 13.5. The molecule has 2 rings (SSSR count). The minimum atomic E-state index is -0.705. The Morgan fingerprint density at radius 2 is 2.09 bits per heavy atom. The average molecular weight is 336 g/mol. The second kappa shape index (κ2) is 6.65. The molecular formula is C13H16N6O3S. The van der Waals surface area contributed by atoms with Crippen LogP contribution in [0.2, 0.25) is 0 Å². The quantitative estimate of drug-likeness (QED) is 0.426. The second-order valence-electron chi connectivity index (χ2n) is 4.73. The lowest BCUT2D eigenvalue weighted by Gasteiger charge is -2.10. The van der Waals surface area contributed by atoms with Crippen molar-refractivity contribution in [1.29, 1.82) is 0 Å². The topological polar surface area (TPSA) is 118 Å². The van der Waals surface area contributed by atoms with Crippen molar-refractivity contribution in [2.75, 3.05) is 11.5 Å². The molecule has 0 bridgehead atoms. The first-order valence-corrected chi connectivity index (χ1v) is 7.57. The van der Waals surface area contributed by atoms with Gasteiger partial charge >= 0.3 is 5.69 Å². The van der Waals surface area contributed by atoms with Gasteiger partial charge in [-0.05, 0) is 0 Å². The van der Waals surface area contributed by atoms with Crippen LogP contribution >= 0.6 is 11.8 Å². The Morgan fingerprint density at radius 3 is 2.74 bits per heavy atom. The van der Waals surface area contributed by atoms with E-state index in [2.05, 4.69) is 16.8 Å². The Kier molecular flexibility index (Phi) is 4.84. The van der Waals surface area contributed by atoms with Crippen molar-refractivity contribution in [3.05, 3.63) is 45.4 Å². The summed E-state index contributed by atoms with van der Waals surface area (Å²) >= 11 is 1.13. The summed E-state index contributed by atoms with van der Waals surface area (Å²) < 4.78 is 3.64. The Labute approximate surface area is 135 Å². The van der Waals surface area contributed by atoms with Crippen LogP contribution in [0.25, 0.3) is 0 Å². The van der Waals surface area contributed by atoms with Crippen LogP contribution in [0.3, 0.4) is 0 Å². The molecule has 0 unspecified atom stereocenters. The van der Waals surface area contributed by atoms with E-state index in [1.54, 1.807) is 10.6 Å². The third-order valence-corrected chi connectivity index (χ3v) is 4.21. The zero-order valence-electron chi connectivity index (χ0n) is 12.7. The molecule has 10 heteroatoms. The number of thioether (sulfide) groups is 1. The number of rotatable bonds is 6. The van der Waals surface area contributed by atoms with Crippen molar-refractivity contribution < 1.29 is 4.79 Å². The average Bonchev–Trinajstić information content (AvgIpc) is 2.97. The summed E-state index contributed by atoms with van der Waals surface area (Å²) in [5, 5.41) is 8.19. The van der Waals surface area contributed by atoms with Crippen LogP contribution in [0.15, 0.2) is 33.7 Å². The van der Waals surface area contributed by atoms with Gasteiger partial charge in [-0.3, -0.25) is 18.7 Å². The highest BCUT2D eigenvalue weighted by atomic mass is 32.2. The second-order valence-corrected chi connectivity index (χ2v) is 5.67. The number of nitrogens with zero attached hydrogens (tertiary/aromatic N) is 5. The van der Waals surface area contributed by atoms with Crippen LogP contribution in [-0.4, -0.2) is 35.4 Å². The molecule has 0 amide bonds. The van der Waals surface area contributed by atoms with Crippen LogP contribution < -0.4 is 17.0 Å². The molecule has 0 aliphatic carbocycles. The lowest BCUT2D eigenvalue weighted by atomic mass is 10.2. The van der Waals surface area contributed by atoms with Gasteiger partial charge in [0.05, 0.1) is 5.75 Å². The predicted molar refractivity (Wildman–Crippen MR) is 86.6 cm³/mol. The number of nitrogen functional groups attached to an aromatic ring is 1. The maximum atomic E-state index is 12.4. The molecule has 9 nitrogen and oxygen atoms in total. The minimum Gasteiger partial charge on any atom is -0.384 e. The van der Waals surface area contributed by atoms with E-state index < -0.39 is 17.0 Å². The maximum absolute atomic E-state index is 12.4. The molecule has 2 aromatic heterocycles. The van der Waals surface area contributed by atoms with E-state index in [0.29, 0.717) is 11.7 Å². The molecule has 0 fully saturated rings. The molecule has 0 spiro atoms. The molecule has 0 atom stereocenters. The van der Waals surface area contributed by atoms with E-state index in [9.17, 15) is 14.4 Å². The van der Waals surface area contributed by atoms with Crippen molar-refractivity contribution >= 4 is 23.4 Å². The van der Waals surface area contributed by atoms with Gasteiger partial charge in [0.15, 0.2) is 10.9 Å². The normalized spacial score (nSPS) is 10.7. The minimum absolute atomic E-state index is 0.0481. The number of hydrogen-bond donors (Lipinski definition) is 1. The van der Waals surface area contributed by atoms with Gasteiger partial charge in [-0.25, -0.2) is 4.79 Å². The van der Waals surface area contributed by atoms with E-state index in [0.717, 1.165) is 20.9 Å². The largest absolute Gasteiger partial charge is 0.384 e. The first kappa shape index (κ1) is 16.7. The van der Waals surface area contributed by atoms with Crippen molar-refractivity contribution in [2.24, 2.45) is 14.1 Å². The summed E-state index contributed by atoms with van der Waals surface area (Å²) in [4.78, 5) is 36.2. The molecule has 0 aliphatic heterocycles. The highest BCUT2D eigenvalue weighted by molar-refractivity contribution is 7.99. The number of hydrogen-bond acceptors (Lipinski definition) is 7. The van der Waals surface area contributed by atoms with Gasteiger partial charge in [0.25, 0.3) is 5.56 Å². The fraction of sp³-hybridized carbons (Fsp3) is 0.308. The fourth-order valence-corrected chi connectivity index (χ4v) is 2.74. The summed E-state index contributed by atoms with van der Waals surface area (Å²) in [6.45, 7) is 4.13. The van der Waals surface area contributed by atoms with E-state index >= 15 is 0 Å². The number of allylic oxidation sites excluding steroid dienone is 1. The van der Waals surface area contributed by atoms with Gasteiger partial charge in [-0.2, -0.15) is 0 Å². The Balaban J connectivity index is 2.29. The van der Waals surface area contributed by atoms with E-state index in [4.69, 9.17) is 5.73 Å². The molecule has 0 aliphatic rings. The third kappa shape index (κ3) is 3.11. The van der Waals surface area contributed by atoms with Gasteiger partial charge in [0.1, 0.15) is 17.7 Å². The van der Waals surface area contributed by atoms with Crippen LogP contribution in [0.4, 0.5) is 5.82 Å². The monoisotopic (exact) mass is 336 g/mol. The molecule has 0 saturated carbocycles. The first-order chi connectivity index (χ1) is 10.9. The lowest BCUT2D eigenvalue weighted by Crippen LogP contribution is -2.41. The molecule has 2 heterocycles.